The van der Waals surface area contributed by atoms with Crippen LogP contribution in [0.3, 0.4) is 0 Å². The molecule has 0 unspecified atom stereocenters. The van der Waals surface area contributed by atoms with E-state index in [4.69, 9.17) is 9.84 Å². The average Bonchev–Trinajstić information content (AvgIpc) is 2.58. The third kappa shape index (κ3) is 4.29. The maximum Gasteiger partial charge on any atom is 0.306 e. The molecule has 1 heterocycles. The molecule has 86 valence electrons. The first-order valence-corrected chi connectivity index (χ1v) is 5.17. The van der Waals surface area contributed by atoms with E-state index in [1.807, 2.05) is 7.05 Å². The number of likely N-dealkylation sites (N-methyl/N-ethyl adjacent to an activating group) is 1. The van der Waals surface area contributed by atoms with Crippen LogP contribution < -0.4 is 0 Å². The normalized spacial score (nSPS) is 21.5. The molecule has 0 saturated carbocycles. The first kappa shape index (κ1) is 12.0. The van der Waals surface area contributed by atoms with Crippen molar-refractivity contribution in [3.05, 3.63) is 0 Å². The summed E-state index contributed by atoms with van der Waals surface area (Å²) in [6, 6.07) is 0.304. The molecule has 1 aliphatic heterocycles. The third-order valence-corrected chi connectivity index (χ3v) is 2.65. The van der Waals surface area contributed by atoms with Gasteiger partial charge in [-0.2, -0.15) is 0 Å². The van der Waals surface area contributed by atoms with Crippen molar-refractivity contribution in [3.8, 4) is 0 Å². The lowest BCUT2D eigenvalue weighted by Crippen LogP contribution is -2.30. The summed E-state index contributed by atoms with van der Waals surface area (Å²) in [6.45, 7) is 1.42. The minimum atomic E-state index is -0.968. The smallest absolute Gasteiger partial charge is 0.306 e. The number of ether oxygens (including phenoxy) is 1. The number of rotatable bonds is 5. The topological polar surface area (TPSA) is 66.8 Å². The summed E-state index contributed by atoms with van der Waals surface area (Å²) >= 11 is 0. The predicted molar refractivity (Wildman–Crippen MR) is 53.5 cm³/mol. The van der Waals surface area contributed by atoms with Crippen LogP contribution in [-0.2, 0) is 14.3 Å². The largest absolute Gasteiger partial charge is 0.481 e. The van der Waals surface area contributed by atoms with E-state index in [0.29, 0.717) is 12.6 Å². The Balaban J connectivity index is 2.13. The van der Waals surface area contributed by atoms with Crippen LogP contribution in [0.4, 0.5) is 0 Å². The summed E-state index contributed by atoms with van der Waals surface area (Å²) in [4.78, 5) is 23.5. The molecule has 0 radical (unpaired) electrons. The Morgan fingerprint density at radius 3 is 2.73 bits per heavy atom. The summed E-state index contributed by atoms with van der Waals surface area (Å²) in [6.07, 6.45) is 1.99. The standard InChI is InChI=1S/C10H17NO4/c1-11-6-2-3-8(11)7-15-10(14)5-4-9(12)13/h8H,2-7H2,1H3,(H,12,13)/t8-/m0/s1. The monoisotopic (exact) mass is 215 g/mol. The molecule has 1 fully saturated rings. The van der Waals surface area contributed by atoms with Gasteiger partial charge >= 0.3 is 11.9 Å². The zero-order valence-corrected chi connectivity index (χ0v) is 8.94. The van der Waals surface area contributed by atoms with E-state index >= 15 is 0 Å². The molecule has 5 heteroatoms. The van der Waals surface area contributed by atoms with Crippen LogP contribution in [0, 0.1) is 0 Å². The van der Waals surface area contributed by atoms with Gasteiger partial charge in [-0.3, -0.25) is 9.59 Å². The first-order valence-electron chi connectivity index (χ1n) is 5.17. The van der Waals surface area contributed by atoms with Gasteiger partial charge in [0.05, 0.1) is 12.8 Å². The molecule has 0 aromatic heterocycles. The Morgan fingerprint density at radius 1 is 1.47 bits per heavy atom. The SMILES string of the molecule is CN1CCC[C@H]1COC(=O)CCC(=O)O. The molecule has 1 saturated heterocycles. The lowest BCUT2D eigenvalue weighted by molar-refractivity contribution is -0.148. The molecule has 0 amide bonds. The van der Waals surface area contributed by atoms with Crippen LogP contribution in [0.15, 0.2) is 0 Å². The van der Waals surface area contributed by atoms with Crippen molar-refractivity contribution in [2.75, 3.05) is 20.2 Å². The van der Waals surface area contributed by atoms with Crippen molar-refractivity contribution < 1.29 is 19.4 Å². The van der Waals surface area contributed by atoms with Crippen molar-refractivity contribution in [3.63, 3.8) is 0 Å². The summed E-state index contributed by atoms with van der Waals surface area (Å²) in [5.41, 5.74) is 0. The number of carbonyl (C=O) groups is 2. The highest BCUT2D eigenvalue weighted by Gasteiger charge is 2.22. The van der Waals surface area contributed by atoms with Gasteiger partial charge in [-0.25, -0.2) is 0 Å². The summed E-state index contributed by atoms with van der Waals surface area (Å²) in [5, 5.41) is 8.37. The Kier molecular flexibility index (Phi) is 4.55. The molecule has 1 rings (SSSR count). The van der Waals surface area contributed by atoms with E-state index in [1.54, 1.807) is 0 Å². The lowest BCUT2D eigenvalue weighted by Gasteiger charge is -2.18. The van der Waals surface area contributed by atoms with Gasteiger partial charge in [-0.1, -0.05) is 0 Å². The van der Waals surface area contributed by atoms with Gasteiger partial charge in [0.15, 0.2) is 0 Å². The Bertz CT molecular complexity index is 242. The van der Waals surface area contributed by atoms with Crippen LogP contribution in [0.2, 0.25) is 0 Å². The van der Waals surface area contributed by atoms with Gasteiger partial charge in [0.25, 0.3) is 0 Å². The molecular weight excluding hydrogens is 198 g/mol. The molecule has 0 aromatic rings. The maximum absolute atomic E-state index is 11.1. The molecule has 0 aliphatic carbocycles. The molecule has 1 aliphatic rings. The van der Waals surface area contributed by atoms with Crippen LogP contribution in [0.1, 0.15) is 25.7 Å². The number of carboxylic acids is 1. The molecule has 15 heavy (non-hydrogen) atoms. The summed E-state index contributed by atoms with van der Waals surface area (Å²) < 4.78 is 5.00. The molecule has 5 nitrogen and oxygen atoms in total. The van der Waals surface area contributed by atoms with E-state index in [2.05, 4.69) is 4.90 Å². The van der Waals surface area contributed by atoms with E-state index in [-0.39, 0.29) is 12.8 Å². The molecule has 1 atom stereocenters. The van der Waals surface area contributed by atoms with Crippen LogP contribution in [0.5, 0.6) is 0 Å². The lowest BCUT2D eigenvalue weighted by atomic mass is 10.2. The minimum Gasteiger partial charge on any atom is -0.481 e. The zero-order valence-electron chi connectivity index (χ0n) is 8.94. The predicted octanol–water partition coefficient (Wildman–Crippen LogP) is 0.489. The fourth-order valence-corrected chi connectivity index (χ4v) is 1.66. The quantitative estimate of drug-likeness (QED) is 0.676. The Hall–Kier alpha value is -1.10. The summed E-state index contributed by atoms with van der Waals surface area (Å²) in [7, 11) is 2.00. The highest BCUT2D eigenvalue weighted by Crippen LogP contribution is 2.14. The van der Waals surface area contributed by atoms with Crippen LogP contribution >= 0.6 is 0 Å². The summed E-state index contributed by atoms with van der Waals surface area (Å²) in [5.74, 6) is -1.39. The number of aliphatic carboxylic acids is 1. The maximum atomic E-state index is 11.1. The molecule has 0 spiro atoms. The van der Waals surface area contributed by atoms with E-state index in [1.165, 1.54) is 0 Å². The van der Waals surface area contributed by atoms with E-state index in [0.717, 1.165) is 19.4 Å². The van der Waals surface area contributed by atoms with E-state index < -0.39 is 11.9 Å². The highest BCUT2D eigenvalue weighted by atomic mass is 16.5. The van der Waals surface area contributed by atoms with Gasteiger partial charge in [-0.05, 0) is 26.4 Å². The Morgan fingerprint density at radius 2 is 2.20 bits per heavy atom. The number of carbonyl (C=O) groups excluding carboxylic acids is 1. The second kappa shape index (κ2) is 5.70. The first-order chi connectivity index (χ1) is 7.09. The average molecular weight is 215 g/mol. The third-order valence-electron chi connectivity index (χ3n) is 2.65. The molecule has 0 aromatic carbocycles. The number of hydrogen-bond acceptors (Lipinski definition) is 4. The number of carboxylic acid groups (broad SMARTS) is 1. The molecular formula is C10H17NO4. The van der Waals surface area contributed by atoms with Crippen molar-refractivity contribution in [1.82, 2.24) is 4.90 Å². The zero-order chi connectivity index (χ0) is 11.3. The highest BCUT2D eigenvalue weighted by molar-refractivity contribution is 5.76. The fourth-order valence-electron chi connectivity index (χ4n) is 1.66. The van der Waals surface area contributed by atoms with E-state index in [9.17, 15) is 9.59 Å². The van der Waals surface area contributed by atoms with Crippen LogP contribution in [-0.4, -0.2) is 48.2 Å². The van der Waals surface area contributed by atoms with Crippen molar-refractivity contribution in [2.45, 2.75) is 31.7 Å². The van der Waals surface area contributed by atoms with Gasteiger partial charge < -0.3 is 14.7 Å². The molecule has 0 bridgehead atoms. The van der Waals surface area contributed by atoms with Crippen molar-refractivity contribution in [2.24, 2.45) is 0 Å². The van der Waals surface area contributed by atoms with Gasteiger partial charge in [-0.15, -0.1) is 0 Å². The van der Waals surface area contributed by atoms with Gasteiger partial charge in [0, 0.05) is 6.04 Å². The van der Waals surface area contributed by atoms with Crippen molar-refractivity contribution in [1.29, 1.82) is 0 Å². The molecule has 1 N–H and O–H groups in total. The van der Waals surface area contributed by atoms with Gasteiger partial charge in [0.2, 0.25) is 0 Å². The number of esters is 1. The number of likely N-dealkylation sites (tertiary alicyclic amines) is 1. The second-order valence-corrected chi connectivity index (χ2v) is 3.85. The number of hydrogen-bond donors (Lipinski definition) is 1. The second-order valence-electron chi connectivity index (χ2n) is 3.85. The minimum absolute atomic E-state index is 0.0359. The van der Waals surface area contributed by atoms with Gasteiger partial charge in [0.1, 0.15) is 6.61 Å². The fraction of sp³-hybridized carbons (Fsp3) is 0.800. The van der Waals surface area contributed by atoms with Crippen LogP contribution in [0.25, 0.3) is 0 Å². The Labute approximate surface area is 89.0 Å². The van der Waals surface area contributed by atoms with Crippen molar-refractivity contribution >= 4 is 11.9 Å². The number of nitrogens with zero attached hydrogens (tertiary/aromatic N) is 1.